The molecule has 0 radical (unpaired) electrons. The van der Waals surface area contributed by atoms with Crippen molar-refractivity contribution in [1.82, 2.24) is 9.80 Å². The molecule has 1 heterocycles. The fraction of sp³-hybridized carbons (Fsp3) is 0.647. The second-order valence-corrected chi connectivity index (χ2v) is 6.38. The maximum atomic E-state index is 10.1. The van der Waals surface area contributed by atoms with Crippen LogP contribution < -0.4 is 0 Å². The Hall–Kier alpha value is -0.940. The number of aliphatic hydroxyl groups is 1. The van der Waals surface area contributed by atoms with Gasteiger partial charge < -0.3 is 14.7 Å². The zero-order valence-electron chi connectivity index (χ0n) is 13.4. The lowest BCUT2D eigenvalue weighted by molar-refractivity contribution is 0.0124. The van der Waals surface area contributed by atoms with Crippen LogP contribution in [0.15, 0.2) is 30.3 Å². The van der Waals surface area contributed by atoms with Crippen molar-refractivity contribution in [2.45, 2.75) is 25.7 Å². The largest absolute Gasteiger partial charge is 0.389 e. The minimum absolute atomic E-state index is 0.395. The molecule has 0 saturated carbocycles. The van der Waals surface area contributed by atoms with E-state index < -0.39 is 6.10 Å². The molecule has 2 rings (SSSR count). The van der Waals surface area contributed by atoms with Crippen LogP contribution in [0.5, 0.6) is 0 Å². The molecule has 3 atom stereocenters. The number of nitrogens with zero attached hydrogens (tertiary/aromatic N) is 2. The third-order valence-electron chi connectivity index (χ3n) is 4.20. The van der Waals surface area contributed by atoms with Crippen LogP contribution in [-0.4, -0.2) is 67.4 Å². The summed E-state index contributed by atoms with van der Waals surface area (Å²) in [4.78, 5) is 4.62. The standard InChI is InChI=1S/C17H28N2O2/c1-14-9-19(11-17(14)18(2)3)10-16(20)13-21-12-15-7-5-4-6-8-15/h4-8,14,16-17,20H,9-13H2,1-3H3. The summed E-state index contributed by atoms with van der Waals surface area (Å²) in [5.74, 6) is 0.650. The van der Waals surface area contributed by atoms with Gasteiger partial charge in [-0.05, 0) is 25.6 Å². The lowest BCUT2D eigenvalue weighted by Gasteiger charge is -2.23. The minimum Gasteiger partial charge on any atom is -0.389 e. The molecule has 0 aliphatic carbocycles. The van der Waals surface area contributed by atoms with E-state index in [4.69, 9.17) is 4.74 Å². The lowest BCUT2D eigenvalue weighted by Crippen LogP contribution is -2.37. The number of likely N-dealkylation sites (N-methyl/N-ethyl adjacent to an activating group) is 1. The van der Waals surface area contributed by atoms with Crippen molar-refractivity contribution in [1.29, 1.82) is 0 Å². The van der Waals surface area contributed by atoms with Gasteiger partial charge in [-0.25, -0.2) is 0 Å². The zero-order chi connectivity index (χ0) is 15.2. The van der Waals surface area contributed by atoms with Gasteiger partial charge in [-0.15, -0.1) is 0 Å². The van der Waals surface area contributed by atoms with Gasteiger partial charge in [-0.3, -0.25) is 4.90 Å². The average Bonchev–Trinajstić information content (AvgIpc) is 2.81. The summed E-state index contributed by atoms with van der Waals surface area (Å²) in [6.07, 6.45) is -0.415. The van der Waals surface area contributed by atoms with Crippen molar-refractivity contribution in [3.05, 3.63) is 35.9 Å². The van der Waals surface area contributed by atoms with Crippen molar-refractivity contribution in [2.75, 3.05) is 40.3 Å². The monoisotopic (exact) mass is 292 g/mol. The summed E-state index contributed by atoms with van der Waals surface area (Å²) in [5.41, 5.74) is 1.15. The maximum Gasteiger partial charge on any atom is 0.0900 e. The molecule has 1 aliphatic heterocycles. The number of benzene rings is 1. The second-order valence-electron chi connectivity index (χ2n) is 6.38. The number of β-amino-alcohol motifs (C(OH)–C–C–N with tert-alkyl or cyclic N) is 1. The minimum atomic E-state index is -0.415. The molecule has 0 spiro atoms. The third kappa shape index (κ3) is 5.08. The molecule has 0 aromatic heterocycles. The third-order valence-corrected chi connectivity index (χ3v) is 4.20. The van der Waals surface area contributed by atoms with Crippen molar-refractivity contribution in [3.8, 4) is 0 Å². The van der Waals surface area contributed by atoms with Crippen LogP contribution in [0.25, 0.3) is 0 Å². The highest BCUT2D eigenvalue weighted by atomic mass is 16.5. The first kappa shape index (κ1) is 16.4. The number of likely N-dealkylation sites (tertiary alicyclic amines) is 1. The molecule has 4 nitrogen and oxygen atoms in total. The summed E-state index contributed by atoms with van der Waals surface area (Å²) in [5, 5.41) is 10.1. The first-order chi connectivity index (χ1) is 10.1. The molecule has 0 amide bonds. The molecule has 1 aromatic carbocycles. The molecule has 1 aliphatic rings. The Morgan fingerprint density at radius 2 is 2.00 bits per heavy atom. The van der Waals surface area contributed by atoms with E-state index in [0.717, 1.165) is 18.7 Å². The highest BCUT2D eigenvalue weighted by Crippen LogP contribution is 2.20. The summed E-state index contributed by atoms with van der Waals surface area (Å²) < 4.78 is 5.61. The number of hydrogen-bond donors (Lipinski definition) is 1. The van der Waals surface area contributed by atoms with Crippen LogP contribution in [-0.2, 0) is 11.3 Å². The predicted molar refractivity (Wildman–Crippen MR) is 85.2 cm³/mol. The number of ether oxygens (including phenoxy) is 1. The highest BCUT2D eigenvalue weighted by molar-refractivity contribution is 5.13. The van der Waals surface area contributed by atoms with E-state index >= 15 is 0 Å². The SMILES string of the molecule is CC1CN(CC(O)COCc2ccccc2)CC1N(C)C. The molecule has 1 aromatic rings. The molecule has 4 heteroatoms. The molecule has 0 bridgehead atoms. The van der Waals surface area contributed by atoms with Crippen LogP contribution in [0.3, 0.4) is 0 Å². The topological polar surface area (TPSA) is 35.9 Å². The van der Waals surface area contributed by atoms with Gasteiger partial charge in [0.2, 0.25) is 0 Å². The smallest absolute Gasteiger partial charge is 0.0900 e. The van der Waals surface area contributed by atoms with Gasteiger partial charge >= 0.3 is 0 Å². The van der Waals surface area contributed by atoms with E-state index in [0.29, 0.717) is 31.7 Å². The van der Waals surface area contributed by atoms with Gasteiger partial charge in [0, 0.05) is 25.7 Å². The number of hydrogen-bond acceptors (Lipinski definition) is 4. The summed E-state index contributed by atoms with van der Waals surface area (Å²) >= 11 is 0. The van der Waals surface area contributed by atoms with E-state index in [9.17, 15) is 5.11 Å². The van der Waals surface area contributed by atoms with Gasteiger partial charge in [-0.2, -0.15) is 0 Å². The Bertz CT molecular complexity index is 411. The Kier molecular flexibility index (Phi) is 6.18. The molecular weight excluding hydrogens is 264 g/mol. The Morgan fingerprint density at radius 3 is 2.62 bits per heavy atom. The van der Waals surface area contributed by atoms with Crippen LogP contribution in [0, 0.1) is 5.92 Å². The predicted octanol–water partition coefficient (Wildman–Crippen LogP) is 1.45. The zero-order valence-corrected chi connectivity index (χ0v) is 13.4. The normalized spacial score (nSPS) is 24.6. The van der Waals surface area contributed by atoms with Crippen LogP contribution in [0.1, 0.15) is 12.5 Å². The molecule has 1 N–H and O–H groups in total. The number of rotatable bonds is 7. The van der Waals surface area contributed by atoms with Crippen molar-refractivity contribution in [3.63, 3.8) is 0 Å². The number of aliphatic hydroxyl groups excluding tert-OH is 1. The van der Waals surface area contributed by atoms with Crippen LogP contribution in [0.4, 0.5) is 0 Å². The highest BCUT2D eigenvalue weighted by Gasteiger charge is 2.31. The van der Waals surface area contributed by atoms with Crippen LogP contribution in [0.2, 0.25) is 0 Å². The molecule has 1 fully saturated rings. The van der Waals surface area contributed by atoms with Crippen molar-refractivity contribution < 1.29 is 9.84 Å². The lowest BCUT2D eigenvalue weighted by atomic mass is 10.1. The molecule has 118 valence electrons. The fourth-order valence-electron chi connectivity index (χ4n) is 3.11. The molecular formula is C17H28N2O2. The first-order valence-corrected chi connectivity index (χ1v) is 7.74. The molecule has 21 heavy (non-hydrogen) atoms. The Labute approximate surface area is 128 Å². The quantitative estimate of drug-likeness (QED) is 0.825. The van der Waals surface area contributed by atoms with E-state index in [1.165, 1.54) is 0 Å². The second kappa shape index (κ2) is 7.90. The van der Waals surface area contributed by atoms with Crippen molar-refractivity contribution >= 4 is 0 Å². The average molecular weight is 292 g/mol. The molecule has 3 unspecified atom stereocenters. The van der Waals surface area contributed by atoms with Crippen LogP contribution >= 0.6 is 0 Å². The van der Waals surface area contributed by atoms with Gasteiger partial charge in [-0.1, -0.05) is 37.3 Å². The van der Waals surface area contributed by atoms with Gasteiger partial charge in [0.1, 0.15) is 0 Å². The van der Waals surface area contributed by atoms with Gasteiger partial charge in [0.15, 0.2) is 0 Å². The summed E-state index contributed by atoms with van der Waals surface area (Å²) in [6.45, 7) is 6.02. The van der Waals surface area contributed by atoms with E-state index in [-0.39, 0.29) is 0 Å². The van der Waals surface area contributed by atoms with E-state index in [1.54, 1.807) is 0 Å². The Balaban J connectivity index is 1.67. The summed E-state index contributed by atoms with van der Waals surface area (Å²) in [6, 6.07) is 10.7. The van der Waals surface area contributed by atoms with Gasteiger partial charge in [0.05, 0.1) is 19.3 Å². The van der Waals surface area contributed by atoms with Gasteiger partial charge in [0.25, 0.3) is 0 Å². The first-order valence-electron chi connectivity index (χ1n) is 7.74. The fourth-order valence-corrected chi connectivity index (χ4v) is 3.11. The Morgan fingerprint density at radius 1 is 1.29 bits per heavy atom. The van der Waals surface area contributed by atoms with E-state index in [1.807, 2.05) is 30.3 Å². The van der Waals surface area contributed by atoms with Crippen molar-refractivity contribution in [2.24, 2.45) is 5.92 Å². The maximum absolute atomic E-state index is 10.1. The molecule has 1 saturated heterocycles. The summed E-state index contributed by atoms with van der Waals surface area (Å²) in [7, 11) is 4.26. The van der Waals surface area contributed by atoms with E-state index in [2.05, 4.69) is 30.8 Å².